The molecule has 8 heteroatoms. The van der Waals surface area contributed by atoms with E-state index >= 15 is 0 Å². The first kappa shape index (κ1) is 18.4. The fraction of sp³-hybridized carbons (Fsp3) is 0.625. The second-order valence-electron chi connectivity index (χ2n) is 6.87. The number of hydrogen-bond donors (Lipinski definition) is 0. The zero-order valence-electron chi connectivity index (χ0n) is 14.0. The summed E-state index contributed by atoms with van der Waals surface area (Å²) in [7, 11) is -0.181. The van der Waals surface area contributed by atoms with Gasteiger partial charge in [0.1, 0.15) is 0 Å². The molecule has 134 valence electrons. The van der Waals surface area contributed by atoms with Crippen molar-refractivity contribution >= 4 is 33.4 Å². The maximum atomic E-state index is 12.5. The molecular formula is C16H23Cl2N3O2S. The summed E-state index contributed by atoms with van der Waals surface area (Å²) in [6, 6.07) is 5.79. The van der Waals surface area contributed by atoms with Gasteiger partial charge >= 0.3 is 0 Å². The monoisotopic (exact) mass is 391 g/mol. The van der Waals surface area contributed by atoms with Gasteiger partial charge in [0, 0.05) is 56.4 Å². The largest absolute Gasteiger partial charge is 0.294 e. The van der Waals surface area contributed by atoms with Gasteiger partial charge in [-0.05, 0) is 36.5 Å². The molecule has 3 aliphatic heterocycles. The molecule has 24 heavy (non-hydrogen) atoms. The topological polar surface area (TPSA) is 43.9 Å². The number of piperidine rings is 1. The van der Waals surface area contributed by atoms with Crippen LogP contribution in [0.5, 0.6) is 0 Å². The quantitative estimate of drug-likeness (QED) is 0.792. The highest BCUT2D eigenvalue weighted by Crippen LogP contribution is 2.32. The van der Waals surface area contributed by atoms with E-state index in [1.54, 1.807) is 24.5 Å². The van der Waals surface area contributed by atoms with Crippen LogP contribution in [0.2, 0.25) is 10.0 Å². The Kier molecular flexibility index (Phi) is 5.45. The van der Waals surface area contributed by atoms with E-state index in [2.05, 4.69) is 4.90 Å². The highest BCUT2D eigenvalue weighted by atomic mass is 35.5. The van der Waals surface area contributed by atoms with Crippen LogP contribution in [-0.2, 0) is 16.8 Å². The van der Waals surface area contributed by atoms with Gasteiger partial charge in [0.25, 0.3) is 10.2 Å². The summed E-state index contributed by atoms with van der Waals surface area (Å²) in [5.74, 6) is 0.365. The summed E-state index contributed by atoms with van der Waals surface area (Å²) < 4.78 is 28.0. The Bertz CT molecular complexity index is 711. The second kappa shape index (κ2) is 7.09. The molecule has 3 fully saturated rings. The molecular weight excluding hydrogens is 369 g/mol. The lowest BCUT2D eigenvalue weighted by Crippen LogP contribution is -2.45. The summed E-state index contributed by atoms with van der Waals surface area (Å²) in [6.45, 7) is 2.78. The molecule has 2 atom stereocenters. The molecule has 0 aliphatic carbocycles. The lowest BCUT2D eigenvalue weighted by Gasteiger charge is -2.36. The van der Waals surface area contributed by atoms with Crippen molar-refractivity contribution in [3.63, 3.8) is 0 Å². The highest BCUT2D eigenvalue weighted by molar-refractivity contribution is 7.86. The van der Waals surface area contributed by atoms with E-state index in [0.717, 1.165) is 31.5 Å². The molecule has 3 aliphatic rings. The van der Waals surface area contributed by atoms with Gasteiger partial charge in [0.05, 0.1) is 0 Å². The van der Waals surface area contributed by atoms with Crippen molar-refractivity contribution in [1.29, 1.82) is 0 Å². The fourth-order valence-corrected chi connectivity index (χ4v) is 5.31. The summed E-state index contributed by atoms with van der Waals surface area (Å²) in [4.78, 5) is 2.37. The predicted octanol–water partition coefficient (Wildman–Crippen LogP) is 2.70. The summed E-state index contributed by atoms with van der Waals surface area (Å²) >= 11 is 12.3. The maximum absolute atomic E-state index is 12.5. The molecule has 0 spiro atoms. The van der Waals surface area contributed by atoms with Crippen LogP contribution in [0.1, 0.15) is 18.4 Å². The molecule has 0 unspecified atom stereocenters. The van der Waals surface area contributed by atoms with Gasteiger partial charge in [-0.15, -0.1) is 0 Å². The minimum atomic E-state index is -3.36. The molecule has 1 aromatic rings. The minimum Gasteiger partial charge on any atom is -0.294 e. The summed E-state index contributed by atoms with van der Waals surface area (Å²) in [6.07, 6.45) is 2.10. The van der Waals surface area contributed by atoms with Crippen molar-refractivity contribution in [2.45, 2.75) is 25.4 Å². The van der Waals surface area contributed by atoms with Crippen molar-refractivity contribution in [3.8, 4) is 0 Å². The number of hydrogen-bond acceptors (Lipinski definition) is 3. The second-order valence-corrected chi connectivity index (χ2v) is 9.86. The molecule has 3 heterocycles. The van der Waals surface area contributed by atoms with Crippen LogP contribution in [0.15, 0.2) is 18.2 Å². The molecule has 0 radical (unpaired) electrons. The predicted molar refractivity (Wildman–Crippen MR) is 97.6 cm³/mol. The zero-order chi connectivity index (χ0) is 17.5. The van der Waals surface area contributed by atoms with E-state index < -0.39 is 10.2 Å². The zero-order valence-corrected chi connectivity index (χ0v) is 16.3. The van der Waals surface area contributed by atoms with Crippen molar-refractivity contribution < 1.29 is 8.42 Å². The smallest absolute Gasteiger partial charge is 0.281 e. The Balaban J connectivity index is 1.79. The Hall–Kier alpha value is -0.370. The molecule has 3 saturated heterocycles. The molecule has 0 amide bonds. The van der Waals surface area contributed by atoms with Gasteiger partial charge in [-0.1, -0.05) is 29.3 Å². The Morgan fingerprint density at radius 2 is 1.92 bits per heavy atom. The minimum absolute atomic E-state index is 0.227. The van der Waals surface area contributed by atoms with Crippen LogP contribution in [-0.4, -0.2) is 61.7 Å². The van der Waals surface area contributed by atoms with Crippen molar-refractivity contribution in [2.24, 2.45) is 5.92 Å². The van der Waals surface area contributed by atoms with Crippen LogP contribution >= 0.6 is 23.2 Å². The molecule has 2 bridgehead atoms. The fourth-order valence-electron chi connectivity index (χ4n) is 3.62. The third-order valence-electron chi connectivity index (χ3n) is 4.97. The average molecular weight is 392 g/mol. The molecule has 5 nitrogen and oxygen atoms in total. The molecule has 4 rings (SSSR count). The highest BCUT2D eigenvalue weighted by Gasteiger charge is 2.39. The van der Waals surface area contributed by atoms with Crippen molar-refractivity contribution in [3.05, 3.63) is 33.8 Å². The number of halogens is 2. The van der Waals surface area contributed by atoms with Crippen LogP contribution in [0.25, 0.3) is 0 Å². The molecule has 1 aromatic carbocycles. The van der Waals surface area contributed by atoms with E-state index in [1.807, 2.05) is 12.1 Å². The van der Waals surface area contributed by atoms with Crippen molar-refractivity contribution in [1.82, 2.24) is 13.5 Å². The molecule has 0 aromatic heterocycles. The molecule has 0 N–H and O–H groups in total. The third-order valence-corrected chi connectivity index (χ3v) is 7.43. The Morgan fingerprint density at radius 1 is 1.17 bits per heavy atom. The Morgan fingerprint density at radius 3 is 2.58 bits per heavy atom. The van der Waals surface area contributed by atoms with Gasteiger partial charge < -0.3 is 0 Å². The number of nitrogens with zero attached hydrogens (tertiary/aromatic N) is 3. The normalized spacial score (nSPS) is 26.0. The number of rotatable bonds is 4. The average Bonchev–Trinajstić information content (AvgIpc) is 2.82. The first-order valence-corrected chi connectivity index (χ1v) is 10.3. The van der Waals surface area contributed by atoms with E-state index in [0.29, 0.717) is 29.1 Å². The van der Waals surface area contributed by atoms with Gasteiger partial charge in [-0.25, -0.2) is 0 Å². The summed E-state index contributed by atoms with van der Waals surface area (Å²) in [5.41, 5.74) is 1.04. The van der Waals surface area contributed by atoms with Crippen LogP contribution in [0.4, 0.5) is 0 Å². The Labute approximate surface area is 154 Å². The van der Waals surface area contributed by atoms with Crippen LogP contribution in [0.3, 0.4) is 0 Å². The van der Waals surface area contributed by atoms with E-state index in [4.69, 9.17) is 23.2 Å². The van der Waals surface area contributed by atoms with E-state index in [-0.39, 0.29) is 6.04 Å². The van der Waals surface area contributed by atoms with E-state index in [9.17, 15) is 8.42 Å². The van der Waals surface area contributed by atoms with Gasteiger partial charge in [-0.3, -0.25) is 4.90 Å². The standard InChI is InChI=1S/C16H23Cl2N3O2S/c1-19(2)24(22,23)21-9-12-3-6-15(11-21)20(8-12)10-13-4-5-14(17)7-16(13)18/h4-5,7,12,15H,3,6,8-11H2,1-2H3/t12-,15-/m0/s1. The van der Waals surface area contributed by atoms with Gasteiger partial charge in [-0.2, -0.15) is 17.0 Å². The lowest BCUT2D eigenvalue weighted by molar-refractivity contribution is 0.125. The van der Waals surface area contributed by atoms with Crippen LogP contribution in [0, 0.1) is 5.92 Å². The van der Waals surface area contributed by atoms with Gasteiger partial charge in [0.2, 0.25) is 0 Å². The first-order valence-electron chi connectivity index (χ1n) is 8.13. The first-order chi connectivity index (χ1) is 11.3. The molecule has 0 saturated carbocycles. The third kappa shape index (κ3) is 3.74. The number of fused-ring (bicyclic) bond motifs is 4. The SMILES string of the molecule is CN(C)S(=O)(=O)N1C[C@H]2CC[C@@H](C1)N(Cc1ccc(Cl)cc1Cl)C2. The lowest BCUT2D eigenvalue weighted by atomic mass is 9.94. The summed E-state index contributed by atoms with van der Waals surface area (Å²) in [5, 5.41) is 1.30. The van der Waals surface area contributed by atoms with Crippen LogP contribution < -0.4 is 0 Å². The van der Waals surface area contributed by atoms with Crippen molar-refractivity contribution in [2.75, 3.05) is 33.7 Å². The maximum Gasteiger partial charge on any atom is 0.281 e. The van der Waals surface area contributed by atoms with E-state index in [1.165, 1.54) is 4.31 Å². The van der Waals surface area contributed by atoms with Gasteiger partial charge in [0.15, 0.2) is 0 Å². The number of benzene rings is 1.